The summed E-state index contributed by atoms with van der Waals surface area (Å²) in [5.41, 5.74) is -0.356. The largest absolute Gasteiger partial charge is 0.455 e. The first-order valence-corrected chi connectivity index (χ1v) is 17.0. The highest BCUT2D eigenvalue weighted by Crippen LogP contribution is 2.56. The number of halogens is 1. The number of carbonyl (C=O) groups is 4. The molecule has 11 heteroatoms. The van der Waals surface area contributed by atoms with Gasteiger partial charge in [0.25, 0.3) is 5.91 Å². The van der Waals surface area contributed by atoms with Crippen molar-refractivity contribution in [2.24, 2.45) is 17.8 Å². The second-order valence-electron chi connectivity index (χ2n) is 13.4. The molecule has 3 amide bonds. The van der Waals surface area contributed by atoms with Crippen molar-refractivity contribution in [1.82, 2.24) is 10.2 Å². The van der Waals surface area contributed by atoms with Crippen molar-refractivity contribution in [2.75, 3.05) is 18.1 Å². The van der Waals surface area contributed by atoms with E-state index < -0.39 is 65.6 Å². The zero-order valence-electron chi connectivity index (χ0n) is 27.3. The summed E-state index contributed by atoms with van der Waals surface area (Å²) in [7, 11) is 0. The first-order chi connectivity index (χ1) is 23.1. The number of rotatable bonds is 6. The lowest BCUT2D eigenvalue weighted by molar-refractivity contribution is -0.161. The van der Waals surface area contributed by atoms with Crippen LogP contribution in [0.4, 0.5) is 5.69 Å². The number of ether oxygens (including phenoxy) is 2. The van der Waals surface area contributed by atoms with Gasteiger partial charge in [0.15, 0.2) is 0 Å². The lowest BCUT2D eigenvalue weighted by atomic mass is 9.74. The minimum Gasteiger partial charge on any atom is -0.455 e. The van der Waals surface area contributed by atoms with E-state index in [4.69, 9.17) is 21.1 Å². The Labute approximate surface area is 285 Å². The highest BCUT2D eigenvalue weighted by Gasteiger charge is 2.74. The van der Waals surface area contributed by atoms with E-state index in [1.165, 1.54) is 9.80 Å². The molecule has 254 valence electrons. The van der Waals surface area contributed by atoms with Crippen LogP contribution in [0.2, 0.25) is 5.02 Å². The van der Waals surface area contributed by atoms with Gasteiger partial charge in [-0.15, -0.1) is 0 Å². The topological polar surface area (TPSA) is 125 Å². The van der Waals surface area contributed by atoms with Gasteiger partial charge in [0.1, 0.15) is 23.7 Å². The van der Waals surface area contributed by atoms with Crippen molar-refractivity contribution < 1.29 is 33.8 Å². The molecule has 2 N–H and O–H groups in total. The number of aliphatic hydroxyl groups is 1. The number of anilines is 1. The molecule has 8 atom stereocenters. The van der Waals surface area contributed by atoms with Gasteiger partial charge in [-0.25, -0.2) is 0 Å². The summed E-state index contributed by atoms with van der Waals surface area (Å²) < 4.78 is 12.8. The van der Waals surface area contributed by atoms with Gasteiger partial charge < -0.3 is 29.7 Å². The number of para-hydroxylation sites is 1. The standard InChI is InChI=1S/C37H42ClN3O7/c1-22(2)20-25(21-42)41-33-35(45)40(27-15-10-9-14-26(27)38)19-11-5-8-16-29(43)39-23(3)32(24-12-6-4-7-13-24)47-36(46)30-28-17-18-37(33,48-28)31(30)34(41)44/h4-7,9-15,17-18,22-23,25,28,30-33,42H,8,16,19-21H2,1-3H3,(H,39,43)/b11-5-/t23-,25-,28+,30-,31-,32+,33+,37-/m1/s1. The van der Waals surface area contributed by atoms with E-state index in [1.807, 2.05) is 50.3 Å². The first kappa shape index (κ1) is 33.9. The molecular weight excluding hydrogens is 634 g/mol. The predicted octanol–water partition coefficient (Wildman–Crippen LogP) is 4.37. The molecule has 2 saturated heterocycles. The molecule has 4 heterocycles. The van der Waals surface area contributed by atoms with Crippen LogP contribution in [-0.4, -0.2) is 76.7 Å². The fourth-order valence-electron chi connectivity index (χ4n) is 7.71. The SMILES string of the molecule is CC(C)C[C@H](CO)N1C(=O)[C@H]2[C@@H]3C(=O)O[C@H](c4ccccc4)[C@@H](C)NC(=O)CC/C=C\CN(c4ccccc4Cl)C(=O)[C@H]1[C@@]21C=C[C@@H]3O1. The first-order valence-electron chi connectivity index (χ1n) is 16.6. The van der Waals surface area contributed by atoms with Crippen LogP contribution in [0.15, 0.2) is 78.9 Å². The number of allylic oxidation sites excluding steroid dienone is 1. The van der Waals surface area contributed by atoms with Crippen molar-refractivity contribution in [3.05, 3.63) is 89.5 Å². The fourth-order valence-corrected chi connectivity index (χ4v) is 7.95. The van der Waals surface area contributed by atoms with Gasteiger partial charge in [-0.1, -0.05) is 92.2 Å². The molecule has 0 aromatic heterocycles. The van der Waals surface area contributed by atoms with Crippen LogP contribution in [0.1, 0.15) is 51.7 Å². The summed E-state index contributed by atoms with van der Waals surface area (Å²) >= 11 is 6.65. The third kappa shape index (κ3) is 6.06. The summed E-state index contributed by atoms with van der Waals surface area (Å²) in [6.07, 6.45) is 6.45. The summed E-state index contributed by atoms with van der Waals surface area (Å²) in [5, 5.41) is 14.0. The van der Waals surface area contributed by atoms with E-state index in [0.717, 1.165) is 0 Å². The quantitative estimate of drug-likeness (QED) is 0.344. The Morgan fingerprint density at radius 2 is 1.75 bits per heavy atom. The third-order valence-corrected chi connectivity index (χ3v) is 10.1. The summed E-state index contributed by atoms with van der Waals surface area (Å²) in [5.74, 6) is -3.82. The highest BCUT2D eigenvalue weighted by molar-refractivity contribution is 6.34. The molecule has 48 heavy (non-hydrogen) atoms. The molecule has 0 aliphatic carbocycles. The van der Waals surface area contributed by atoms with E-state index in [-0.39, 0.29) is 31.4 Å². The van der Waals surface area contributed by atoms with Gasteiger partial charge >= 0.3 is 5.97 Å². The number of nitrogens with one attached hydrogen (secondary N) is 1. The second kappa shape index (κ2) is 13.9. The molecule has 5 bridgehead atoms. The number of nitrogens with zero attached hydrogens (tertiary/aromatic N) is 2. The number of hydrogen-bond donors (Lipinski definition) is 2. The highest BCUT2D eigenvalue weighted by atomic mass is 35.5. The Kier molecular flexibility index (Phi) is 9.79. The molecule has 10 nitrogen and oxygen atoms in total. The summed E-state index contributed by atoms with van der Waals surface area (Å²) in [6.45, 7) is 5.47. The maximum Gasteiger partial charge on any atom is 0.313 e. The van der Waals surface area contributed by atoms with Crippen LogP contribution in [0, 0.1) is 17.8 Å². The minimum absolute atomic E-state index is 0.0914. The van der Waals surface area contributed by atoms with Gasteiger partial charge in [0, 0.05) is 13.0 Å². The Hall–Kier alpha value is -3.99. The zero-order chi connectivity index (χ0) is 34.2. The molecule has 4 aliphatic rings. The lowest BCUT2D eigenvalue weighted by Gasteiger charge is -2.39. The maximum atomic E-state index is 15.0. The number of cyclic esters (lactones) is 1. The van der Waals surface area contributed by atoms with E-state index >= 15 is 4.79 Å². The Bertz CT molecular complexity index is 1610. The van der Waals surface area contributed by atoms with Crippen LogP contribution in [-0.2, 0) is 28.7 Å². The minimum atomic E-state index is -1.48. The third-order valence-electron chi connectivity index (χ3n) is 9.78. The van der Waals surface area contributed by atoms with E-state index in [9.17, 15) is 19.5 Å². The Morgan fingerprint density at radius 3 is 2.46 bits per heavy atom. The van der Waals surface area contributed by atoms with Gasteiger partial charge in [-0.2, -0.15) is 0 Å². The lowest BCUT2D eigenvalue weighted by Crippen LogP contribution is -2.59. The summed E-state index contributed by atoms with van der Waals surface area (Å²) in [4.78, 5) is 60.0. The average Bonchev–Trinajstić information content (AvgIpc) is 3.71. The van der Waals surface area contributed by atoms with Gasteiger partial charge in [-0.05, 0) is 43.4 Å². The van der Waals surface area contributed by atoms with Crippen molar-refractivity contribution >= 4 is 41.0 Å². The van der Waals surface area contributed by atoms with Crippen LogP contribution in [0.25, 0.3) is 0 Å². The maximum absolute atomic E-state index is 15.0. The van der Waals surface area contributed by atoms with Crippen LogP contribution >= 0.6 is 11.6 Å². The van der Waals surface area contributed by atoms with Crippen molar-refractivity contribution in [2.45, 2.75) is 76.0 Å². The predicted molar refractivity (Wildman–Crippen MR) is 180 cm³/mol. The smallest absolute Gasteiger partial charge is 0.313 e. The number of fused-ring (bicyclic) bond motifs is 2. The fraction of sp³-hybridized carbons (Fsp3) is 0.459. The molecule has 2 aromatic carbocycles. The molecule has 0 radical (unpaired) electrons. The van der Waals surface area contributed by atoms with Crippen LogP contribution in [0.3, 0.4) is 0 Å². The Balaban J connectivity index is 1.48. The number of amides is 3. The van der Waals surface area contributed by atoms with Gasteiger partial charge in [0.2, 0.25) is 11.8 Å². The molecule has 0 unspecified atom stereocenters. The monoisotopic (exact) mass is 675 g/mol. The van der Waals surface area contributed by atoms with E-state index in [0.29, 0.717) is 29.1 Å². The molecule has 4 aliphatic heterocycles. The molecule has 2 aromatic rings. The van der Waals surface area contributed by atoms with Gasteiger partial charge in [-0.3, -0.25) is 19.2 Å². The average molecular weight is 676 g/mol. The zero-order valence-corrected chi connectivity index (χ0v) is 28.1. The van der Waals surface area contributed by atoms with Crippen LogP contribution < -0.4 is 10.2 Å². The second-order valence-corrected chi connectivity index (χ2v) is 13.9. The van der Waals surface area contributed by atoms with E-state index in [2.05, 4.69) is 5.32 Å². The molecular formula is C37H42ClN3O7. The van der Waals surface area contributed by atoms with Crippen molar-refractivity contribution in [1.29, 1.82) is 0 Å². The number of esters is 1. The van der Waals surface area contributed by atoms with Crippen molar-refractivity contribution in [3.8, 4) is 0 Å². The number of aliphatic hydroxyl groups excluding tert-OH is 1. The summed E-state index contributed by atoms with van der Waals surface area (Å²) in [6, 6.07) is 13.6. The van der Waals surface area contributed by atoms with Crippen molar-refractivity contribution in [3.63, 3.8) is 0 Å². The molecule has 0 saturated carbocycles. The Morgan fingerprint density at radius 1 is 1.02 bits per heavy atom. The van der Waals surface area contributed by atoms with Gasteiger partial charge in [0.05, 0.1) is 41.4 Å². The molecule has 2 fully saturated rings. The normalized spacial score (nSPS) is 32.0. The van der Waals surface area contributed by atoms with E-state index in [1.54, 1.807) is 49.4 Å². The van der Waals surface area contributed by atoms with Crippen LogP contribution in [0.5, 0.6) is 0 Å². The number of carbonyl (C=O) groups excluding carboxylic acids is 4. The molecule has 6 rings (SSSR count). The number of benzene rings is 2. The molecule has 1 spiro atoms. The number of hydrogen-bond acceptors (Lipinski definition) is 7. The number of likely N-dealkylation sites (tertiary alicyclic amines) is 1.